The maximum absolute atomic E-state index is 12.9. The first-order chi connectivity index (χ1) is 10.3. The number of nitrogens with one attached hydrogen (secondary N) is 1. The summed E-state index contributed by atoms with van der Waals surface area (Å²) in [5, 5.41) is 8.98. The Morgan fingerprint density at radius 1 is 1.23 bits per heavy atom. The van der Waals surface area contributed by atoms with Gasteiger partial charge in [-0.25, -0.2) is 4.98 Å². The highest BCUT2D eigenvalue weighted by molar-refractivity contribution is 8.00. The molecule has 0 saturated carbocycles. The van der Waals surface area contributed by atoms with Crippen LogP contribution >= 0.6 is 11.9 Å². The molecule has 7 heteroatoms. The summed E-state index contributed by atoms with van der Waals surface area (Å²) in [7, 11) is 0. The molecule has 1 aromatic carbocycles. The number of anilines is 1. The summed E-state index contributed by atoms with van der Waals surface area (Å²) < 4.78 is 41.5. The van der Waals surface area contributed by atoms with Crippen molar-refractivity contribution in [2.75, 3.05) is 4.72 Å². The molecule has 0 atom stereocenters. The number of nitriles is 1. The summed E-state index contributed by atoms with van der Waals surface area (Å²) in [4.78, 5) is 4.37. The van der Waals surface area contributed by atoms with Gasteiger partial charge in [0.2, 0.25) is 0 Å². The lowest BCUT2D eigenvalue weighted by atomic mass is 10.1. The zero-order chi connectivity index (χ0) is 16.3. The first kappa shape index (κ1) is 16.2. The molecule has 0 aliphatic rings. The second-order valence-electron chi connectivity index (χ2n) is 4.70. The van der Waals surface area contributed by atoms with Gasteiger partial charge in [0.05, 0.1) is 11.3 Å². The third-order valence-electron chi connectivity index (χ3n) is 2.92. The van der Waals surface area contributed by atoms with Crippen molar-refractivity contribution in [1.82, 2.24) is 4.98 Å². The number of alkyl halides is 3. The Bertz CT molecular complexity index is 736. The fourth-order valence-corrected chi connectivity index (χ4v) is 2.52. The number of aromatic nitrogens is 1. The second kappa shape index (κ2) is 6.28. The van der Waals surface area contributed by atoms with Gasteiger partial charge in [0.15, 0.2) is 5.69 Å². The van der Waals surface area contributed by atoms with E-state index in [1.54, 1.807) is 18.3 Å². The van der Waals surface area contributed by atoms with Gasteiger partial charge in [-0.05, 0) is 55.1 Å². The number of halogens is 3. The number of benzene rings is 1. The van der Waals surface area contributed by atoms with Crippen molar-refractivity contribution < 1.29 is 13.2 Å². The predicted octanol–water partition coefficient (Wildman–Crippen LogP) is 4.71. The van der Waals surface area contributed by atoms with E-state index in [4.69, 9.17) is 5.26 Å². The summed E-state index contributed by atoms with van der Waals surface area (Å²) in [6.07, 6.45) is -2.83. The average Bonchev–Trinajstić information content (AvgIpc) is 2.45. The van der Waals surface area contributed by atoms with Crippen LogP contribution < -0.4 is 4.72 Å². The summed E-state index contributed by atoms with van der Waals surface area (Å²) >= 11 is 1.01. The van der Waals surface area contributed by atoms with Crippen molar-refractivity contribution >= 4 is 17.6 Å². The first-order valence-corrected chi connectivity index (χ1v) is 7.10. The summed E-state index contributed by atoms with van der Waals surface area (Å²) in [5.41, 5.74) is 1.03. The maximum atomic E-state index is 12.9. The van der Waals surface area contributed by atoms with Crippen LogP contribution in [-0.4, -0.2) is 4.98 Å². The monoisotopic (exact) mass is 323 g/mol. The van der Waals surface area contributed by atoms with Gasteiger partial charge >= 0.3 is 6.18 Å². The average molecular weight is 323 g/mol. The highest BCUT2D eigenvalue weighted by atomic mass is 32.2. The number of hydrogen-bond acceptors (Lipinski definition) is 4. The van der Waals surface area contributed by atoms with Crippen LogP contribution in [0, 0.1) is 25.2 Å². The molecule has 1 N–H and O–H groups in total. The Balaban J connectivity index is 2.23. The van der Waals surface area contributed by atoms with E-state index in [1.165, 1.54) is 13.0 Å². The van der Waals surface area contributed by atoms with Gasteiger partial charge in [-0.3, -0.25) is 0 Å². The molecule has 0 amide bonds. The lowest BCUT2D eigenvalue weighted by molar-refractivity contribution is -0.138. The molecule has 114 valence electrons. The number of rotatable bonds is 3. The molecule has 22 heavy (non-hydrogen) atoms. The highest BCUT2D eigenvalue weighted by Gasteiger charge is 2.32. The molecular formula is C15H12F3N3S. The van der Waals surface area contributed by atoms with Gasteiger partial charge in [0.1, 0.15) is 6.07 Å². The molecule has 0 fully saturated rings. The lowest BCUT2D eigenvalue weighted by Gasteiger charge is -2.12. The molecule has 0 spiro atoms. The smallest absolute Gasteiger partial charge is 0.323 e. The molecule has 0 bridgehead atoms. The topological polar surface area (TPSA) is 48.7 Å². The molecule has 1 aromatic heterocycles. The van der Waals surface area contributed by atoms with E-state index in [9.17, 15) is 13.2 Å². The van der Waals surface area contributed by atoms with Crippen LogP contribution in [0.25, 0.3) is 0 Å². The fraction of sp³-hybridized carbons (Fsp3) is 0.200. The molecule has 0 saturated heterocycles. The van der Waals surface area contributed by atoms with E-state index < -0.39 is 11.7 Å². The summed E-state index contributed by atoms with van der Waals surface area (Å²) in [5.74, 6) is 0. The van der Waals surface area contributed by atoms with Crippen molar-refractivity contribution in [3.63, 3.8) is 0 Å². The van der Waals surface area contributed by atoms with Gasteiger partial charge in [-0.1, -0.05) is 6.07 Å². The largest absolute Gasteiger partial charge is 0.416 e. The lowest BCUT2D eigenvalue weighted by Crippen LogP contribution is -2.07. The molecule has 3 nitrogen and oxygen atoms in total. The van der Waals surface area contributed by atoms with Gasteiger partial charge in [-0.15, -0.1) is 0 Å². The number of pyridine rings is 1. The molecule has 2 rings (SSSR count). The molecule has 1 heterocycles. The zero-order valence-electron chi connectivity index (χ0n) is 11.8. The third kappa shape index (κ3) is 3.71. The minimum absolute atomic E-state index is 0.173. The van der Waals surface area contributed by atoms with Crippen molar-refractivity contribution in [2.45, 2.75) is 24.9 Å². The normalized spacial score (nSPS) is 11.1. The third-order valence-corrected chi connectivity index (χ3v) is 3.74. The van der Waals surface area contributed by atoms with E-state index in [2.05, 4.69) is 9.71 Å². The second-order valence-corrected chi connectivity index (χ2v) is 5.58. The van der Waals surface area contributed by atoms with Crippen molar-refractivity contribution in [2.24, 2.45) is 0 Å². The van der Waals surface area contributed by atoms with Crippen molar-refractivity contribution in [1.29, 1.82) is 5.26 Å². The minimum atomic E-state index is -4.39. The Labute approximate surface area is 130 Å². The van der Waals surface area contributed by atoms with E-state index in [1.807, 2.05) is 13.0 Å². The van der Waals surface area contributed by atoms with Gasteiger partial charge in [0.25, 0.3) is 0 Å². The Kier molecular flexibility index (Phi) is 4.62. The number of hydrogen-bond donors (Lipinski definition) is 1. The van der Waals surface area contributed by atoms with E-state index in [0.29, 0.717) is 10.6 Å². The Morgan fingerprint density at radius 3 is 2.59 bits per heavy atom. The maximum Gasteiger partial charge on any atom is 0.416 e. The van der Waals surface area contributed by atoms with E-state index >= 15 is 0 Å². The van der Waals surface area contributed by atoms with Crippen LogP contribution in [0.2, 0.25) is 0 Å². The predicted molar refractivity (Wildman–Crippen MR) is 79.3 cm³/mol. The van der Waals surface area contributed by atoms with Crippen molar-refractivity contribution in [3.05, 3.63) is 52.8 Å². The number of nitrogens with zero attached hydrogens (tertiary/aromatic N) is 2. The molecule has 0 aliphatic heterocycles. The standard InChI is InChI=1S/C15H12F3N3S/c1-9-5-13(14(7-19)20-8-9)21-22-11-4-3-10(2)12(6-11)15(16,17)18/h3-6,8,21H,1-2H3. The SMILES string of the molecule is Cc1cnc(C#N)c(NSc2ccc(C)c(C(F)(F)F)c2)c1. The molecule has 2 aromatic rings. The quantitative estimate of drug-likeness (QED) is 0.831. The first-order valence-electron chi connectivity index (χ1n) is 6.28. The van der Waals surface area contributed by atoms with Crippen LogP contribution in [0.4, 0.5) is 18.9 Å². The van der Waals surface area contributed by atoms with Crippen LogP contribution in [-0.2, 0) is 6.18 Å². The van der Waals surface area contributed by atoms with Crippen LogP contribution in [0.1, 0.15) is 22.4 Å². The number of aryl methyl sites for hydroxylation is 2. The summed E-state index contributed by atoms with van der Waals surface area (Å²) in [6.45, 7) is 3.24. The molecule has 0 radical (unpaired) electrons. The van der Waals surface area contributed by atoms with Crippen LogP contribution in [0.5, 0.6) is 0 Å². The fourth-order valence-electron chi connectivity index (χ4n) is 1.82. The van der Waals surface area contributed by atoms with E-state index in [-0.39, 0.29) is 11.3 Å². The van der Waals surface area contributed by atoms with Crippen LogP contribution in [0.15, 0.2) is 35.4 Å². The minimum Gasteiger partial charge on any atom is -0.323 e. The molecular weight excluding hydrogens is 311 g/mol. The Hall–Kier alpha value is -2.20. The highest BCUT2D eigenvalue weighted by Crippen LogP contribution is 2.34. The molecule has 0 unspecified atom stereocenters. The van der Waals surface area contributed by atoms with Gasteiger partial charge < -0.3 is 4.72 Å². The van der Waals surface area contributed by atoms with Crippen molar-refractivity contribution in [3.8, 4) is 6.07 Å². The van der Waals surface area contributed by atoms with Gasteiger partial charge in [-0.2, -0.15) is 18.4 Å². The van der Waals surface area contributed by atoms with Gasteiger partial charge in [0, 0.05) is 11.1 Å². The van der Waals surface area contributed by atoms with E-state index in [0.717, 1.165) is 23.6 Å². The van der Waals surface area contributed by atoms with Crippen LogP contribution in [0.3, 0.4) is 0 Å². The zero-order valence-corrected chi connectivity index (χ0v) is 12.6. The Morgan fingerprint density at radius 2 is 1.95 bits per heavy atom. The molecule has 0 aliphatic carbocycles. The summed E-state index contributed by atoms with van der Waals surface area (Å²) in [6, 6.07) is 7.76.